The lowest BCUT2D eigenvalue weighted by atomic mass is 9.99. The molecule has 226 valence electrons. The van der Waals surface area contributed by atoms with E-state index in [2.05, 4.69) is 39.2 Å². The van der Waals surface area contributed by atoms with E-state index in [0.717, 1.165) is 52.9 Å². The van der Waals surface area contributed by atoms with Gasteiger partial charge in [0.1, 0.15) is 5.84 Å². The zero-order valence-corrected chi connectivity index (χ0v) is 26.7. The first-order chi connectivity index (χ1) is 20.7. The van der Waals surface area contributed by atoms with Crippen LogP contribution in [0.3, 0.4) is 0 Å². The second kappa shape index (κ2) is 14.0. The number of aliphatic imine (C=N–C) groups is 1. The first-order valence-corrected chi connectivity index (χ1v) is 15.2. The van der Waals surface area contributed by atoms with Crippen LogP contribution in [0.4, 0.5) is 11.5 Å². The maximum atomic E-state index is 13.2. The third-order valence-corrected chi connectivity index (χ3v) is 8.17. The van der Waals surface area contributed by atoms with E-state index < -0.39 is 0 Å². The molecule has 1 aliphatic rings. The van der Waals surface area contributed by atoms with E-state index >= 15 is 0 Å². The van der Waals surface area contributed by atoms with Crippen LogP contribution < -0.4 is 4.90 Å². The molecule has 9 heteroatoms. The highest BCUT2D eigenvalue weighted by Gasteiger charge is 2.32. The first kappa shape index (κ1) is 31.9. The van der Waals surface area contributed by atoms with E-state index in [0.29, 0.717) is 42.0 Å². The lowest BCUT2D eigenvalue weighted by molar-refractivity contribution is -0.128. The van der Waals surface area contributed by atoms with Crippen LogP contribution in [0.5, 0.6) is 0 Å². The molecule has 0 spiro atoms. The number of aromatic nitrogens is 2. The highest BCUT2D eigenvalue weighted by atomic mass is 35.5. The summed E-state index contributed by atoms with van der Waals surface area (Å²) in [4.78, 5) is 45.9. The Labute approximate surface area is 260 Å². The van der Waals surface area contributed by atoms with Crippen LogP contribution in [0.2, 0.25) is 5.02 Å². The van der Waals surface area contributed by atoms with Crippen molar-refractivity contribution in [1.82, 2.24) is 19.8 Å². The fourth-order valence-electron chi connectivity index (χ4n) is 5.78. The molecule has 3 heterocycles. The van der Waals surface area contributed by atoms with Crippen molar-refractivity contribution in [1.29, 1.82) is 0 Å². The lowest BCUT2D eigenvalue weighted by Crippen LogP contribution is -2.55. The third kappa shape index (κ3) is 6.49. The average Bonchev–Trinajstić information content (AvgIpc) is 3.00. The Morgan fingerprint density at radius 2 is 2.00 bits per heavy atom. The molecular weight excluding hydrogens is 560 g/mol. The fourth-order valence-corrected chi connectivity index (χ4v) is 6.00. The molecule has 0 saturated carbocycles. The zero-order valence-electron chi connectivity index (χ0n) is 26.0. The number of hydrogen-bond acceptors (Lipinski definition) is 5. The number of anilines is 2. The van der Waals surface area contributed by atoms with Crippen molar-refractivity contribution in [2.75, 3.05) is 31.6 Å². The van der Waals surface area contributed by atoms with Crippen LogP contribution in [0.1, 0.15) is 62.4 Å². The van der Waals surface area contributed by atoms with Gasteiger partial charge in [0.15, 0.2) is 5.82 Å². The topological polar surface area (TPSA) is 82.0 Å². The van der Waals surface area contributed by atoms with Crippen LogP contribution in [0.25, 0.3) is 11.3 Å². The van der Waals surface area contributed by atoms with Gasteiger partial charge in [-0.2, -0.15) is 0 Å². The Balaban J connectivity index is 1.98. The zero-order chi connectivity index (χ0) is 31.3. The van der Waals surface area contributed by atoms with Crippen molar-refractivity contribution in [3.8, 4) is 11.3 Å². The summed E-state index contributed by atoms with van der Waals surface area (Å²) in [7, 11) is 1.75. The third-order valence-electron chi connectivity index (χ3n) is 7.84. The summed E-state index contributed by atoms with van der Waals surface area (Å²) in [6.07, 6.45) is 5.69. The maximum absolute atomic E-state index is 13.2. The smallest absolute Gasteiger partial charge is 0.246 e. The highest BCUT2D eigenvalue weighted by Crippen LogP contribution is 2.39. The molecule has 0 N–H and O–H groups in total. The van der Waals surface area contributed by atoms with E-state index in [-0.39, 0.29) is 17.9 Å². The SMILES string of the molecule is C=CC(=O)N1CCN(C(=NC)c2cc(C)c(-c3ccccc3Cl)nc2N(C=O)c2c(CCC)ccnc2C(C)C)C(C)C1. The summed E-state index contributed by atoms with van der Waals surface area (Å²) in [6, 6.07) is 11.6. The van der Waals surface area contributed by atoms with Crippen molar-refractivity contribution in [2.45, 2.75) is 59.4 Å². The number of rotatable bonds is 9. The summed E-state index contributed by atoms with van der Waals surface area (Å²) in [6.45, 7) is 15.6. The predicted octanol–water partition coefficient (Wildman–Crippen LogP) is 6.57. The fraction of sp³-hybridized carbons (Fsp3) is 0.382. The monoisotopic (exact) mass is 600 g/mol. The van der Waals surface area contributed by atoms with Crippen LogP contribution in [0, 0.1) is 6.92 Å². The second-order valence-electron chi connectivity index (χ2n) is 11.2. The van der Waals surface area contributed by atoms with Gasteiger partial charge in [0.05, 0.1) is 22.6 Å². The molecule has 1 aromatic carbocycles. The maximum Gasteiger partial charge on any atom is 0.246 e. The number of benzene rings is 1. The van der Waals surface area contributed by atoms with Gasteiger partial charge in [-0.15, -0.1) is 0 Å². The van der Waals surface area contributed by atoms with Gasteiger partial charge in [-0.05, 0) is 61.6 Å². The van der Waals surface area contributed by atoms with Gasteiger partial charge in [0.25, 0.3) is 0 Å². The first-order valence-electron chi connectivity index (χ1n) is 14.8. The Bertz CT molecular complexity index is 1540. The molecule has 2 aromatic heterocycles. The molecule has 1 unspecified atom stereocenters. The van der Waals surface area contributed by atoms with E-state index in [1.165, 1.54) is 6.08 Å². The summed E-state index contributed by atoms with van der Waals surface area (Å²) in [5, 5.41) is 0.575. The summed E-state index contributed by atoms with van der Waals surface area (Å²) in [5.74, 6) is 1.15. The number of amidine groups is 1. The summed E-state index contributed by atoms with van der Waals surface area (Å²) >= 11 is 6.66. The van der Waals surface area contributed by atoms with Gasteiger partial charge >= 0.3 is 0 Å². The number of hydrogen-bond donors (Lipinski definition) is 0. The van der Waals surface area contributed by atoms with Gasteiger partial charge in [-0.1, -0.05) is 63.6 Å². The molecule has 8 nitrogen and oxygen atoms in total. The molecule has 43 heavy (non-hydrogen) atoms. The molecule has 0 bridgehead atoms. The highest BCUT2D eigenvalue weighted by molar-refractivity contribution is 6.33. The molecule has 0 aliphatic carbocycles. The van der Waals surface area contributed by atoms with Gasteiger partial charge in [-0.3, -0.25) is 24.5 Å². The van der Waals surface area contributed by atoms with Crippen LogP contribution >= 0.6 is 11.6 Å². The molecule has 1 fully saturated rings. The van der Waals surface area contributed by atoms with Gasteiger partial charge in [-0.25, -0.2) is 4.98 Å². The number of piperazine rings is 1. The number of carbonyl (C=O) groups excluding carboxylic acids is 2. The summed E-state index contributed by atoms with van der Waals surface area (Å²) < 4.78 is 0. The number of carbonyl (C=O) groups is 2. The number of amides is 2. The van der Waals surface area contributed by atoms with Crippen molar-refractivity contribution in [3.05, 3.63) is 82.7 Å². The van der Waals surface area contributed by atoms with E-state index in [1.807, 2.05) is 49.5 Å². The largest absolute Gasteiger partial charge is 0.350 e. The minimum atomic E-state index is -0.0860. The second-order valence-corrected chi connectivity index (χ2v) is 11.6. The number of pyridine rings is 2. The van der Waals surface area contributed by atoms with Gasteiger partial charge < -0.3 is 9.80 Å². The Morgan fingerprint density at radius 3 is 2.60 bits per heavy atom. The molecule has 1 aliphatic heterocycles. The Kier molecular flexibility index (Phi) is 10.3. The van der Waals surface area contributed by atoms with Crippen molar-refractivity contribution in [3.63, 3.8) is 0 Å². The van der Waals surface area contributed by atoms with Crippen LogP contribution in [-0.4, -0.2) is 70.6 Å². The number of aryl methyl sites for hydroxylation is 2. The molecular formula is C34H41ClN6O2. The van der Waals surface area contributed by atoms with E-state index in [1.54, 1.807) is 16.8 Å². The summed E-state index contributed by atoms with van der Waals surface area (Å²) in [5.41, 5.74) is 5.70. The van der Waals surface area contributed by atoms with Crippen molar-refractivity contribution < 1.29 is 9.59 Å². The number of nitrogens with zero attached hydrogens (tertiary/aromatic N) is 6. The van der Waals surface area contributed by atoms with Gasteiger partial charge in [0.2, 0.25) is 12.3 Å². The lowest BCUT2D eigenvalue weighted by Gasteiger charge is -2.41. The minimum absolute atomic E-state index is 0.0299. The molecule has 1 atom stereocenters. The quantitative estimate of drug-likeness (QED) is 0.120. The van der Waals surface area contributed by atoms with E-state index in [9.17, 15) is 9.59 Å². The van der Waals surface area contributed by atoms with Crippen molar-refractivity contribution in [2.24, 2.45) is 4.99 Å². The molecule has 3 aromatic rings. The average molecular weight is 601 g/mol. The minimum Gasteiger partial charge on any atom is -0.350 e. The number of halogens is 1. The predicted molar refractivity (Wildman–Crippen MR) is 175 cm³/mol. The van der Waals surface area contributed by atoms with E-state index in [4.69, 9.17) is 26.6 Å². The standard InChI is InChI=1S/C34H41ClN6O2/c1-8-12-25-15-16-37-30(22(3)4)32(25)41(21-42)34-27(19-23(5)31(38-34)26-13-10-11-14-28(26)35)33(36-7)40-18-17-39(20-24(40)6)29(43)9-2/h9-11,13-16,19,21-22,24H,2,8,12,17-18,20H2,1,3-7H3. The van der Waals surface area contributed by atoms with Crippen LogP contribution in [0.15, 0.2) is 60.2 Å². The Morgan fingerprint density at radius 1 is 1.26 bits per heavy atom. The normalized spacial score (nSPS) is 15.5. The molecule has 1 saturated heterocycles. The van der Waals surface area contributed by atoms with Gasteiger partial charge in [0, 0.05) is 49.5 Å². The molecule has 0 radical (unpaired) electrons. The van der Waals surface area contributed by atoms with Crippen molar-refractivity contribution >= 4 is 41.3 Å². The molecule has 2 amide bonds. The van der Waals surface area contributed by atoms with Crippen LogP contribution in [-0.2, 0) is 16.0 Å². The molecule has 4 rings (SSSR count). The Hall–Kier alpha value is -4.04.